The fourth-order valence-electron chi connectivity index (χ4n) is 0.770. The quantitative estimate of drug-likeness (QED) is 0.356. The third-order valence-electron chi connectivity index (χ3n) is 1.38. The summed E-state index contributed by atoms with van der Waals surface area (Å²) in [4.78, 5) is 11.4. The van der Waals surface area contributed by atoms with Gasteiger partial charge >= 0.3 is 0 Å². The van der Waals surface area contributed by atoms with E-state index in [1.807, 2.05) is 14.1 Å². The molecule has 0 atom stereocenters. The van der Waals surface area contributed by atoms with Crippen LogP contribution < -0.4 is 0 Å². The molecular weight excluding hydrogens is 152 g/mol. The first-order chi connectivity index (χ1) is 5.50. The first-order valence-corrected chi connectivity index (χ1v) is 3.76. The van der Waals surface area contributed by atoms with Gasteiger partial charge in [0.2, 0.25) is 0 Å². The van der Waals surface area contributed by atoms with Gasteiger partial charge in [-0.1, -0.05) is 12.7 Å². The minimum Gasteiger partial charge on any atom is -0.268 e. The van der Waals surface area contributed by atoms with E-state index in [0.29, 0.717) is 12.1 Å². The Kier molecular flexibility index (Phi) is 4.29. The Bertz CT molecular complexity index is 197. The van der Waals surface area contributed by atoms with Gasteiger partial charge in [0.05, 0.1) is 6.54 Å². The smallest absolute Gasteiger partial charge is 0.263 e. The minimum absolute atomic E-state index is 0.0695. The molecule has 0 fully saturated rings. The highest BCUT2D eigenvalue weighted by molar-refractivity contribution is 5.91. The van der Waals surface area contributed by atoms with Gasteiger partial charge in [0.1, 0.15) is 0 Å². The van der Waals surface area contributed by atoms with E-state index < -0.39 is 0 Å². The molecular formula is C9H16N2O. The van der Waals surface area contributed by atoms with Gasteiger partial charge in [-0.15, -0.1) is 6.58 Å². The Morgan fingerprint density at radius 3 is 2.25 bits per heavy atom. The van der Waals surface area contributed by atoms with Crippen molar-refractivity contribution < 1.29 is 4.79 Å². The van der Waals surface area contributed by atoms with Crippen molar-refractivity contribution in [3.05, 3.63) is 24.8 Å². The van der Waals surface area contributed by atoms with Crippen LogP contribution in [0.2, 0.25) is 0 Å². The second kappa shape index (κ2) is 4.72. The number of hydrogen-bond donors (Lipinski definition) is 0. The number of hydrazine groups is 1. The fraction of sp³-hybridized carbons (Fsp3) is 0.444. The van der Waals surface area contributed by atoms with Crippen LogP contribution in [0.1, 0.15) is 6.92 Å². The molecule has 0 aliphatic rings. The molecule has 0 spiro atoms. The van der Waals surface area contributed by atoms with E-state index in [1.54, 1.807) is 23.0 Å². The maximum absolute atomic E-state index is 11.4. The topological polar surface area (TPSA) is 23.6 Å². The summed E-state index contributed by atoms with van der Waals surface area (Å²) in [7, 11) is 3.62. The Hall–Kier alpha value is -1.09. The summed E-state index contributed by atoms with van der Waals surface area (Å²) in [5, 5.41) is 3.29. The van der Waals surface area contributed by atoms with E-state index in [2.05, 4.69) is 13.2 Å². The van der Waals surface area contributed by atoms with Crippen molar-refractivity contribution >= 4 is 5.91 Å². The zero-order valence-corrected chi connectivity index (χ0v) is 8.00. The van der Waals surface area contributed by atoms with E-state index in [4.69, 9.17) is 0 Å². The van der Waals surface area contributed by atoms with E-state index in [9.17, 15) is 4.79 Å². The second-order valence-electron chi connectivity index (χ2n) is 2.80. The molecule has 0 heterocycles. The third-order valence-corrected chi connectivity index (χ3v) is 1.38. The number of amides is 1. The van der Waals surface area contributed by atoms with Crippen LogP contribution in [-0.4, -0.2) is 36.6 Å². The van der Waals surface area contributed by atoms with E-state index >= 15 is 0 Å². The number of nitrogens with zero attached hydrogens (tertiary/aromatic N) is 2. The van der Waals surface area contributed by atoms with Gasteiger partial charge in [0.25, 0.3) is 5.91 Å². The van der Waals surface area contributed by atoms with E-state index in [-0.39, 0.29) is 5.91 Å². The van der Waals surface area contributed by atoms with Crippen molar-refractivity contribution in [1.29, 1.82) is 0 Å². The Morgan fingerprint density at radius 2 is 2.00 bits per heavy atom. The number of carbonyl (C=O) groups is 1. The summed E-state index contributed by atoms with van der Waals surface area (Å²) in [6.45, 7) is 9.37. The van der Waals surface area contributed by atoms with Crippen LogP contribution in [0.3, 0.4) is 0 Å². The summed E-state index contributed by atoms with van der Waals surface area (Å²) in [5.74, 6) is -0.0695. The predicted molar refractivity (Wildman–Crippen MR) is 50.4 cm³/mol. The lowest BCUT2D eigenvalue weighted by Gasteiger charge is -2.27. The van der Waals surface area contributed by atoms with Crippen LogP contribution in [-0.2, 0) is 4.79 Å². The number of hydrogen-bond acceptors (Lipinski definition) is 2. The molecule has 0 aliphatic heterocycles. The minimum atomic E-state index is -0.0695. The SMILES string of the molecule is C=CCN(C(=O)C(=C)C)N(C)C. The van der Waals surface area contributed by atoms with Crippen molar-refractivity contribution in [2.24, 2.45) is 0 Å². The molecule has 0 unspecified atom stereocenters. The first-order valence-electron chi connectivity index (χ1n) is 3.76. The first kappa shape index (κ1) is 10.9. The van der Waals surface area contributed by atoms with Crippen LogP contribution >= 0.6 is 0 Å². The van der Waals surface area contributed by atoms with Crippen molar-refractivity contribution in [2.75, 3.05) is 20.6 Å². The summed E-state index contributed by atoms with van der Waals surface area (Å²) in [6.07, 6.45) is 1.68. The number of rotatable bonds is 4. The van der Waals surface area contributed by atoms with Crippen molar-refractivity contribution in [3.8, 4) is 0 Å². The molecule has 0 saturated carbocycles. The average molecular weight is 168 g/mol. The molecule has 0 bridgehead atoms. The largest absolute Gasteiger partial charge is 0.268 e. The lowest BCUT2D eigenvalue weighted by atomic mass is 10.3. The molecule has 0 aromatic heterocycles. The normalized spacial score (nSPS) is 9.67. The fourth-order valence-corrected chi connectivity index (χ4v) is 0.770. The lowest BCUT2D eigenvalue weighted by molar-refractivity contribution is -0.138. The molecule has 0 aromatic carbocycles. The van der Waals surface area contributed by atoms with Crippen LogP contribution in [0.25, 0.3) is 0 Å². The van der Waals surface area contributed by atoms with Crippen molar-refractivity contribution in [1.82, 2.24) is 10.0 Å². The van der Waals surface area contributed by atoms with Crippen LogP contribution in [0.5, 0.6) is 0 Å². The van der Waals surface area contributed by atoms with Gasteiger partial charge < -0.3 is 0 Å². The zero-order chi connectivity index (χ0) is 9.72. The van der Waals surface area contributed by atoms with Gasteiger partial charge in [-0.25, -0.2) is 5.01 Å². The average Bonchev–Trinajstić information content (AvgIpc) is 1.98. The van der Waals surface area contributed by atoms with Crippen LogP contribution in [0.4, 0.5) is 0 Å². The molecule has 0 radical (unpaired) electrons. The molecule has 1 amide bonds. The Labute approximate surface area is 73.9 Å². The summed E-state index contributed by atoms with van der Waals surface area (Å²) in [6, 6.07) is 0. The van der Waals surface area contributed by atoms with Gasteiger partial charge in [0, 0.05) is 19.7 Å². The van der Waals surface area contributed by atoms with Gasteiger partial charge in [-0.3, -0.25) is 9.80 Å². The predicted octanol–water partition coefficient (Wildman–Crippen LogP) is 1.05. The maximum Gasteiger partial charge on any atom is 0.263 e. The molecule has 68 valence electrons. The Morgan fingerprint density at radius 1 is 1.50 bits per heavy atom. The Balaban J connectivity index is 4.39. The molecule has 0 rings (SSSR count). The highest BCUT2D eigenvalue weighted by atomic mass is 16.2. The monoisotopic (exact) mass is 168 g/mol. The van der Waals surface area contributed by atoms with Crippen LogP contribution in [0.15, 0.2) is 24.8 Å². The summed E-state index contributed by atoms with van der Waals surface area (Å²) >= 11 is 0. The molecule has 0 aromatic rings. The second-order valence-corrected chi connectivity index (χ2v) is 2.80. The highest BCUT2D eigenvalue weighted by Gasteiger charge is 2.13. The molecule has 0 saturated heterocycles. The zero-order valence-electron chi connectivity index (χ0n) is 8.00. The molecule has 0 aliphatic carbocycles. The molecule has 3 nitrogen and oxygen atoms in total. The standard InChI is InChI=1S/C9H16N2O/c1-6-7-11(10(4)5)9(12)8(2)3/h6H,1-2,7H2,3-5H3. The van der Waals surface area contributed by atoms with Gasteiger partial charge in [-0.2, -0.15) is 0 Å². The molecule has 3 heteroatoms. The van der Waals surface area contributed by atoms with Gasteiger partial charge in [0.15, 0.2) is 0 Å². The van der Waals surface area contributed by atoms with Crippen molar-refractivity contribution in [3.63, 3.8) is 0 Å². The van der Waals surface area contributed by atoms with E-state index in [0.717, 1.165) is 0 Å². The van der Waals surface area contributed by atoms with Gasteiger partial charge in [-0.05, 0) is 6.92 Å². The maximum atomic E-state index is 11.4. The summed E-state index contributed by atoms with van der Waals surface area (Å²) in [5.41, 5.74) is 0.533. The van der Waals surface area contributed by atoms with E-state index in [1.165, 1.54) is 0 Å². The molecule has 0 N–H and O–H groups in total. The lowest BCUT2D eigenvalue weighted by Crippen LogP contribution is -2.42. The van der Waals surface area contributed by atoms with Crippen molar-refractivity contribution in [2.45, 2.75) is 6.92 Å². The molecule has 12 heavy (non-hydrogen) atoms. The third kappa shape index (κ3) is 2.88. The number of carbonyl (C=O) groups excluding carboxylic acids is 1. The highest BCUT2D eigenvalue weighted by Crippen LogP contribution is 2.00. The summed E-state index contributed by atoms with van der Waals surface area (Å²) < 4.78 is 0. The van der Waals surface area contributed by atoms with Crippen LogP contribution in [0, 0.1) is 0 Å².